The van der Waals surface area contributed by atoms with Gasteiger partial charge in [-0.05, 0) is 19.3 Å². The van der Waals surface area contributed by atoms with Crippen molar-refractivity contribution in [1.82, 2.24) is 0 Å². The van der Waals surface area contributed by atoms with E-state index < -0.39 is 0 Å². The molecule has 0 spiro atoms. The molecule has 0 aromatic heterocycles. The summed E-state index contributed by atoms with van der Waals surface area (Å²) in [5.41, 5.74) is 1.34. The molecule has 0 saturated carbocycles. The molecule has 2 nitrogen and oxygen atoms in total. The molecule has 0 unspecified atom stereocenters. The van der Waals surface area contributed by atoms with Crippen LogP contribution in [0.3, 0.4) is 0 Å². The summed E-state index contributed by atoms with van der Waals surface area (Å²) in [6.45, 7) is 8.71. The van der Waals surface area contributed by atoms with Crippen LogP contribution >= 0.6 is 0 Å². The molecule has 0 radical (unpaired) electrons. The molecule has 2 heteroatoms. The average molecular weight is 180 g/mol. The van der Waals surface area contributed by atoms with Crippen molar-refractivity contribution in [3.8, 4) is 0 Å². The Kier molecular flexibility index (Phi) is 3.23. The monoisotopic (exact) mass is 180 g/mol. The van der Waals surface area contributed by atoms with Gasteiger partial charge in [0.05, 0.1) is 0 Å². The summed E-state index contributed by atoms with van der Waals surface area (Å²) in [5, 5.41) is 0. The molecule has 1 aliphatic heterocycles. The number of amidine groups is 1. The maximum Gasteiger partial charge on any atom is 0.124 e. The van der Waals surface area contributed by atoms with Gasteiger partial charge in [-0.2, -0.15) is 0 Å². The van der Waals surface area contributed by atoms with Crippen LogP contribution in [-0.4, -0.2) is 17.1 Å². The molecule has 74 valence electrons. The zero-order valence-electron chi connectivity index (χ0n) is 9.22. The lowest BCUT2D eigenvalue weighted by molar-refractivity contribution is 0.532. The second-order valence-electron chi connectivity index (χ2n) is 3.53. The Morgan fingerprint density at radius 2 is 1.62 bits per heavy atom. The third kappa shape index (κ3) is 1.67. The summed E-state index contributed by atoms with van der Waals surface area (Å²) in [4.78, 5) is 9.33. The lowest BCUT2D eigenvalue weighted by atomic mass is 9.87. The summed E-state index contributed by atoms with van der Waals surface area (Å²) in [6.07, 6.45) is 4.17. The second kappa shape index (κ2) is 4.03. The Labute approximate surface area is 81.2 Å². The standard InChI is InChI=1S/C11H20N2/c1-5-9-11(7-3,8-4)13-10(6-2)12-9/h5-8H2,1-4H3. The second-order valence-corrected chi connectivity index (χ2v) is 3.53. The Morgan fingerprint density at radius 3 is 1.92 bits per heavy atom. The van der Waals surface area contributed by atoms with Gasteiger partial charge in [-0.25, -0.2) is 4.99 Å². The van der Waals surface area contributed by atoms with E-state index in [1.165, 1.54) is 5.71 Å². The predicted molar refractivity (Wildman–Crippen MR) is 58.8 cm³/mol. The fraction of sp³-hybridized carbons (Fsp3) is 0.818. The number of hydrogen-bond acceptors (Lipinski definition) is 2. The molecule has 0 saturated heterocycles. The van der Waals surface area contributed by atoms with E-state index in [4.69, 9.17) is 4.99 Å². The summed E-state index contributed by atoms with van der Waals surface area (Å²) in [5.74, 6) is 1.04. The average Bonchev–Trinajstić information content (AvgIpc) is 2.56. The summed E-state index contributed by atoms with van der Waals surface area (Å²) < 4.78 is 0. The lowest BCUT2D eigenvalue weighted by Crippen LogP contribution is -2.32. The van der Waals surface area contributed by atoms with Gasteiger partial charge < -0.3 is 0 Å². The first-order chi connectivity index (χ1) is 6.22. The largest absolute Gasteiger partial charge is 0.258 e. The van der Waals surface area contributed by atoms with Gasteiger partial charge >= 0.3 is 0 Å². The van der Waals surface area contributed by atoms with Gasteiger partial charge in [-0.3, -0.25) is 4.99 Å². The van der Waals surface area contributed by atoms with Crippen LogP contribution in [0.25, 0.3) is 0 Å². The topological polar surface area (TPSA) is 24.7 Å². The van der Waals surface area contributed by atoms with Gasteiger partial charge in [-0.15, -0.1) is 0 Å². The maximum atomic E-state index is 4.74. The fourth-order valence-corrected chi connectivity index (χ4v) is 1.98. The van der Waals surface area contributed by atoms with Crippen LogP contribution in [-0.2, 0) is 0 Å². The van der Waals surface area contributed by atoms with E-state index in [-0.39, 0.29) is 5.54 Å². The van der Waals surface area contributed by atoms with Gasteiger partial charge in [0.15, 0.2) is 0 Å². The van der Waals surface area contributed by atoms with Crippen LogP contribution in [0.4, 0.5) is 0 Å². The van der Waals surface area contributed by atoms with Crippen molar-refractivity contribution >= 4 is 11.5 Å². The highest BCUT2D eigenvalue weighted by Gasteiger charge is 2.34. The van der Waals surface area contributed by atoms with Crippen molar-refractivity contribution in [3.05, 3.63) is 0 Å². The molecule has 1 rings (SSSR count). The van der Waals surface area contributed by atoms with Gasteiger partial charge in [-0.1, -0.05) is 27.7 Å². The van der Waals surface area contributed by atoms with Crippen molar-refractivity contribution in [2.24, 2.45) is 9.98 Å². The van der Waals surface area contributed by atoms with Crippen LogP contribution in [0.1, 0.15) is 53.4 Å². The smallest absolute Gasteiger partial charge is 0.124 e. The van der Waals surface area contributed by atoms with Crippen LogP contribution in [0.5, 0.6) is 0 Å². The SMILES string of the molecule is CCC1=NC(CC)(CC)C(CC)=N1. The highest BCUT2D eigenvalue weighted by molar-refractivity contribution is 6.08. The molecule has 1 aliphatic rings. The van der Waals surface area contributed by atoms with Crippen LogP contribution in [0, 0.1) is 0 Å². The number of hydrogen-bond donors (Lipinski definition) is 0. The molecule has 0 aromatic carbocycles. The Hall–Kier alpha value is -0.660. The number of nitrogens with zero attached hydrogens (tertiary/aromatic N) is 2. The number of aliphatic imine (C=N–C) groups is 2. The van der Waals surface area contributed by atoms with Gasteiger partial charge in [0.25, 0.3) is 0 Å². The summed E-state index contributed by atoms with van der Waals surface area (Å²) in [7, 11) is 0. The zero-order chi connectivity index (χ0) is 9.90. The van der Waals surface area contributed by atoms with Crippen molar-refractivity contribution < 1.29 is 0 Å². The Balaban J connectivity index is 2.97. The Bertz CT molecular complexity index is 234. The van der Waals surface area contributed by atoms with E-state index in [1.807, 2.05) is 0 Å². The minimum atomic E-state index is 0.0556. The lowest BCUT2D eigenvalue weighted by Gasteiger charge is -2.24. The van der Waals surface area contributed by atoms with Crippen molar-refractivity contribution in [1.29, 1.82) is 0 Å². The van der Waals surface area contributed by atoms with Gasteiger partial charge in [0.1, 0.15) is 11.4 Å². The molecule has 1 heterocycles. The highest BCUT2D eigenvalue weighted by atomic mass is 15.1. The third-order valence-electron chi connectivity index (χ3n) is 2.97. The number of rotatable bonds is 4. The molecular formula is C11H20N2. The highest BCUT2D eigenvalue weighted by Crippen LogP contribution is 2.29. The maximum absolute atomic E-state index is 4.74. The first kappa shape index (κ1) is 10.4. The van der Waals surface area contributed by atoms with E-state index in [0.717, 1.165) is 31.5 Å². The molecule has 0 bridgehead atoms. The van der Waals surface area contributed by atoms with E-state index in [1.54, 1.807) is 0 Å². The minimum absolute atomic E-state index is 0.0556. The van der Waals surface area contributed by atoms with Crippen molar-refractivity contribution in [2.75, 3.05) is 0 Å². The normalized spacial score (nSPS) is 20.0. The van der Waals surface area contributed by atoms with Gasteiger partial charge in [0.2, 0.25) is 0 Å². The van der Waals surface area contributed by atoms with Crippen LogP contribution in [0.2, 0.25) is 0 Å². The Morgan fingerprint density at radius 1 is 1.00 bits per heavy atom. The quantitative estimate of drug-likeness (QED) is 0.634. The third-order valence-corrected chi connectivity index (χ3v) is 2.97. The van der Waals surface area contributed by atoms with Crippen molar-refractivity contribution in [3.63, 3.8) is 0 Å². The van der Waals surface area contributed by atoms with E-state index in [9.17, 15) is 0 Å². The molecular weight excluding hydrogens is 160 g/mol. The molecule has 0 aromatic rings. The molecule has 0 atom stereocenters. The van der Waals surface area contributed by atoms with E-state index in [2.05, 4.69) is 32.7 Å². The van der Waals surface area contributed by atoms with Gasteiger partial charge in [0, 0.05) is 12.1 Å². The van der Waals surface area contributed by atoms with Crippen LogP contribution < -0.4 is 0 Å². The molecule has 0 aliphatic carbocycles. The summed E-state index contributed by atoms with van der Waals surface area (Å²) in [6, 6.07) is 0. The molecule has 0 N–H and O–H groups in total. The van der Waals surface area contributed by atoms with Crippen LogP contribution in [0.15, 0.2) is 9.98 Å². The first-order valence-corrected chi connectivity index (χ1v) is 5.39. The molecule has 0 amide bonds. The summed E-state index contributed by atoms with van der Waals surface area (Å²) >= 11 is 0. The first-order valence-electron chi connectivity index (χ1n) is 5.39. The predicted octanol–water partition coefficient (Wildman–Crippen LogP) is 3.22. The molecule has 13 heavy (non-hydrogen) atoms. The van der Waals surface area contributed by atoms with E-state index >= 15 is 0 Å². The van der Waals surface area contributed by atoms with E-state index in [0.29, 0.717) is 0 Å². The molecule has 0 fully saturated rings. The zero-order valence-corrected chi connectivity index (χ0v) is 9.22. The fourth-order valence-electron chi connectivity index (χ4n) is 1.98. The van der Waals surface area contributed by atoms with Crippen molar-refractivity contribution in [2.45, 2.75) is 58.9 Å². The minimum Gasteiger partial charge on any atom is -0.258 e.